The summed E-state index contributed by atoms with van der Waals surface area (Å²) in [7, 11) is 0. The monoisotopic (exact) mass is 360 g/mol. The Balaban J connectivity index is 1.53. The number of carbonyl (C=O) groups is 2. The van der Waals surface area contributed by atoms with Crippen LogP contribution in [-0.4, -0.2) is 53.9 Å². The van der Waals surface area contributed by atoms with E-state index in [9.17, 15) is 14.7 Å². The zero-order chi connectivity index (χ0) is 17.9. The van der Waals surface area contributed by atoms with Crippen LogP contribution in [0.1, 0.15) is 17.5 Å². The molecule has 25 heavy (non-hydrogen) atoms. The molecule has 1 aromatic carbocycles. The van der Waals surface area contributed by atoms with Crippen LogP contribution >= 0.6 is 11.8 Å². The molecule has 0 aliphatic carbocycles. The van der Waals surface area contributed by atoms with Crippen LogP contribution < -0.4 is 0 Å². The SMILES string of the molecule is N#Cc1ccc(CSCC(=O)N2C[C@H]3COCC[C@@]3(C(=O)O)C2)cc1. The molecule has 0 saturated carbocycles. The highest BCUT2D eigenvalue weighted by Gasteiger charge is 2.54. The van der Waals surface area contributed by atoms with Crippen molar-refractivity contribution in [1.29, 1.82) is 5.26 Å². The van der Waals surface area contributed by atoms with Gasteiger partial charge in [-0.15, -0.1) is 11.8 Å². The van der Waals surface area contributed by atoms with Crippen molar-refractivity contribution in [2.75, 3.05) is 32.1 Å². The number of rotatable bonds is 5. The second-order valence-electron chi connectivity index (χ2n) is 6.56. The van der Waals surface area contributed by atoms with Gasteiger partial charge in [0.05, 0.1) is 29.4 Å². The van der Waals surface area contributed by atoms with Gasteiger partial charge in [0, 0.05) is 31.4 Å². The van der Waals surface area contributed by atoms with Gasteiger partial charge in [-0.05, 0) is 24.1 Å². The summed E-state index contributed by atoms with van der Waals surface area (Å²) in [5, 5.41) is 18.4. The lowest BCUT2D eigenvalue weighted by atomic mass is 9.74. The molecule has 0 bridgehead atoms. The summed E-state index contributed by atoms with van der Waals surface area (Å²) in [6.45, 7) is 1.60. The summed E-state index contributed by atoms with van der Waals surface area (Å²) in [6, 6.07) is 9.38. The van der Waals surface area contributed by atoms with Gasteiger partial charge in [0.15, 0.2) is 0 Å². The van der Waals surface area contributed by atoms with E-state index in [1.165, 1.54) is 11.8 Å². The first kappa shape index (κ1) is 17.8. The number of carbonyl (C=O) groups excluding carboxylic acids is 1. The van der Waals surface area contributed by atoms with Crippen LogP contribution in [0.4, 0.5) is 0 Å². The van der Waals surface area contributed by atoms with Crippen LogP contribution in [0.2, 0.25) is 0 Å². The number of thioether (sulfide) groups is 1. The highest BCUT2D eigenvalue weighted by Crippen LogP contribution is 2.42. The van der Waals surface area contributed by atoms with Crippen molar-refractivity contribution in [3.05, 3.63) is 35.4 Å². The summed E-state index contributed by atoms with van der Waals surface area (Å²) in [6.07, 6.45) is 0.467. The van der Waals surface area contributed by atoms with Crippen molar-refractivity contribution in [3.8, 4) is 6.07 Å². The molecule has 0 spiro atoms. The molecule has 6 nitrogen and oxygen atoms in total. The summed E-state index contributed by atoms with van der Waals surface area (Å²) in [4.78, 5) is 25.9. The number of likely N-dealkylation sites (tertiary alicyclic amines) is 1. The third-order valence-corrected chi connectivity index (χ3v) is 6.05. The molecule has 2 atom stereocenters. The highest BCUT2D eigenvalue weighted by molar-refractivity contribution is 7.99. The number of ether oxygens (including phenoxy) is 1. The molecule has 0 radical (unpaired) electrons. The van der Waals surface area contributed by atoms with Crippen molar-refractivity contribution < 1.29 is 19.4 Å². The van der Waals surface area contributed by atoms with Crippen LogP contribution in [0.3, 0.4) is 0 Å². The third kappa shape index (κ3) is 3.65. The van der Waals surface area contributed by atoms with E-state index in [1.54, 1.807) is 17.0 Å². The van der Waals surface area contributed by atoms with Crippen molar-refractivity contribution >= 4 is 23.6 Å². The number of nitriles is 1. The van der Waals surface area contributed by atoms with Crippen molar-refractivity contribution in [2.24, 2.45) is 11.3 Å². The lowest BCUT2D eigenvalue weighted by Crippen LogP contribution is -2.45. The van der Waals surface area contributed by atoms with Gasteiger partial charge in [-0.3, -0.25) is 9.59 Å². The van der Waals surface area contributed by atoms with Gasteiger partial charge < -0.3 is 14.7 Å². The molecule has 2 aliphatic heterocycles. The van der Waals surface area contributed by atoms with Crippen LogP contribution in [-0.2, 0) is 20.1 Å². The number of fused-ring (bicyclic) bond motifs is 1. The zero-order valence-electron chi connectivity index (χ0n) is 13.8. The average Bonchev–Trinajstić information content (AvgIpc) is 3.03. The molecule has 2 heterocycles. The Hall–Kier alpha value is -2.04. The first-order chi connectivity index (χ1) is 12.0. The van der Waals surface area contributed by atoms with Crippen molar-refractivity contribution in [2.45, 2.75) is 12.2 Å². The number of carboxylic acids is 1. The fraction of sp³-hybridized carbons (Fsp3) is 0.500. The van der Waals surface area contributed by atoms with Gasteiger partial charge in [0.25, 0.3) is 0 Å². The predicted octanol–water partition coefficient (Wildman–Crippen LogP) is 1.74. The van der Waals surface area contributed by atoms with Gasteiger partial charge in [0.1, 0.15) is 0 Å². The second-order valence-corrected chi connectivity index (χ2v) is 7.54. The molecule has 1 N–H and O–H groups in total. The quantitative estimate of drug-likeness (QED) is 0.860. The van der Waals surface area contributed by atoms with Crippen LogP contribution in [0.5, 0.6) is 0 Å². The summed E-state index contributed by atoms with van der Waals surface area (Å²) < 4.78 is 5.42. The van der Waals surface area contributed by atoms with E-state index in [0.29, 0.717) is 43.2 Å². The highest BCUT2D eigenvalue weighted by atomic mass is 32.2. The first-order valence-electron chi connectivity index (χ1n) is 8.21. The summed E-state index contributed by atoms with van der Waals surface area (Å²) in [5.74, 6) is 0.0479. The normalized spacial score (nSPS) is 25.2. The first-order valence-corrected chi connectivity index (χ1v) is 9.36. The maximum Gasteiger partial charge on any atom is 0.311 e. The molecule has 1 aromatic rings. The number of benzene rings is 1. The van der Waals surface area contributed by atoms with E-state index in [4.69, 9.17) is 10.00 Å². The van der Waals surface area contributed by atoms with Crippen molar-refractivity contribution in [3.63, 3.8) is 0 Å². The predicted molar refractivity (Wildman–Crippen MR) is 92.9 cm³/mol. The molecule has 1 amide bonds. The van der Waals surface area contributed by atoms with E-state index in [-0.39, 0.29) is 18.4 Å². The van der Waals surface area contributed by atoms with Gasteiger partial charge in [0.2, 0.25) is 5.91 Å². The van der Waals surface area contributed by atoms with Gasteiger partial charge >= 0.3 is 5.97 Å². The third-order valence-electron chi connectivity index (χ3n) is 5.06. The van der Waals surface area contributed by atoms with E-state index in [2.05, 4.69) is 6.07 Å². The average molecular weight is 360 g/mol. The van der Waals surface area contributed by atoms with E-state index < -0.39 is 11.4 Å². The van der Waals surface area contributed by atoms with E-state index in [1.807, 2.05) is 12.1 Å². The Labute approximate surface area is 150 Å². The molecular weight excluding hydrogens is 340 g/mol. The minimum atomic E-state index is -0.842. The second kappa shape index (κ2) is 7.46. The fourth-order valence-corrected chi connectivity index (χ4v) is 4.40. The molecule has 0 unspecified atom stereocenters. The standard InChI is InChI=1S/C18H20N2O4S/c19-7-13-1-3-14(4-2-13)10-25-11-16(21)20-8-15-9-24-6-5-18(15,12-20)17(22)23/h1-4,15H,5-6,8-12H2,(H,22,23)/t15-,18+/m0/s1. The van der Waals surface area contributed by atoms with E-state index in [0.717, 1.165) is 5.56 Å². The number of amides is 1. The molecule has 0 aromatic heterocycles. The number of aliphatic carboxylic acids is 1. The molecule has 2 fully saturated rings. The van der Waals surface area contributed by atoms with Gasteiger partial charge in [-0.25, -0.2) is 0 Å². The maximum atomic E-state index is 12.5. The summed E-state index contributed by atoms with van der Waals surface area (Å²) >= 11 is 1.50. The lowest BCUT2D eigenvalue weighted by molar-refractivity contribution is -0.157. The van der Waals surface area contributed by atoms with Gasteiger partial charge in [-0.2, -0.15) is 5.26 Å². The Kier molecular flexibility index (Phi) is 5.30. The van der Waals surface area contributed by atoms with Crippen LogP contribution in [0.15, 0.2) is 24.3 Å². The number of nitrogens with zero attached hydrogens (tertiary/aromatic N) is 2. The molecular formula is C18H20N2O4S. The van der Waals surface area contributed by atoms with Crippen LogP contribution in [0, 0.1) is 22.7 Å². The van der Waals surface area contributed by atoms with Crippen LogP contribution in [0.25, 0.3) is 0 Å². The largest absolute Gasteiger partial charge is 0.481 e. The molecule has 2 aliphatic rings. The Morgan fingerprint density at radius 3 is 2.80 bits per heavy atom. The molecule has 132 valence electrons. The number of hydrogen-bond acceptors (Lipinski definition) is 5. The molecule has 2 saturated heterocycles. The Bertz CT molecular complexity index is 700. The smallest absolute Gasteiger partial charge is 0.311 e. The summed E-state index contributed by atoms with van der Waals surface area (Å²) in [5.41, 5.74) is 0.832. The Morgan fingerprint density at radius 1 is 1.40 bits per heavy atom. The minimum absolute atomic E-state index is 0.0197. The number of carboxylic acid groups (broad SMARTS) is 1. The number of hydrogen-bond donors (Lipinski definition) is 1. The topological polar surface area (TPSA) is 90.6 Å². The molecule has 3 rings (SSSR count). The lowest BCUT2D eigenvalue weighted by Gasteiger charge is -2.33. The molecule has 7 heteroatoms. The Morgan fingerprint density at radius 2 is 2.16 bits per heavy atom. The fourth-order valence-electron chi connectivity index (χ4n) is 3.51. The van der Waals surface area contributed by atoms with E-state index >= 15 is 0 Å². The zero-order valence-corrected chi connectivity index (χ0v) is 14.6. The van der Waals surface area contributed by atoms with Crippen molar-refractivity contribution in [1.82, 2.24) is 4.90 Å². The maximum absolute atomic E-state index is 12.5. The van der Waals surface area contributed by atoms with Gasteiger partial charge in [-0.1, -0.05) is 12.1 Å². The minimum Gasteiger partial charge on any atom is -0.481 e.